The number of aromatic nitrogens is 3. The Morgan fingerprint density at radius 3 is 2.82 bits per heavy atom. The second-order valence-electron chi connectivity index (χ2n) is 9.07. The lowest BCUT2D eigenvalue weighted by molar-refractivity contribution is -0.113. The van der Waals surface area contributed by atoms with Crippen LogP contribution in [0.2, 0.25) is 0 Å². The number of hydrogen-bond acceptors (Lipinski definition) is 7. The zero-order valence-corrected chi connectivity index (χ0v) is 21.9. The Morgan fingerprint density at radius 1 is 1.21 bits per heavy atom. The van der Waals surface area contributed by atoms with E-state index < -0.39 is 5.91 Å². The Kier molecular flexibility index (Phi) is 6.81. The lowest BCUT2D eigenvalue weighted by atomic mass is 9.88. The maximum atomic E-state index is 12.8. The number of hydrogen-bond donors (Lipinski definition) is 2. The van der Waals surface area contributed by atoms with Crippen LogP contribution in [0.4, 0.5) is 5.00 Å². The van der Waals surface area contributed by atoms with E-state index in [0.717, 1.165) is 55.2 Å². The number of nitrogens with one attached hydrogen (secondary N) is 1. The fourth-order valence-electron chi connectivity index (χ4n) is 4.95. The summed E-state index contributed by atoms with van der Waals surface area (Å²) >= 11 is 4.69. The Balaban J connectivity index is 1.31. The molecule has 34 heavy (non-hydrogen) atoms. The van der Waals surface area contributed by atoms with Crippen LogP contribution in [-0.4, -0.2) is 32.3 Å². The maximum Gasteiger partial charge on any atom is 0.251 e. The van der Waals surface area contributed by atoms with Crippen LogP contribution in [0.15, 0.2) is 10.5 Å². The number of thioether (sulfide) groups is 1. The number of fused-ring (bicyclic) bond motifs is 2. The van der Waals surface area contributed by atoms with E-state index in [2.05, 4.69) is 39.3 Å². The van der Waals surface area contributed by atoms with Crippen LogP contribution in [0.1, 0.15) is 64.3 Å². The highest BCUT2D eigenvalue weighted by Gasteiger charge is 2.27. The van der Waals surface area contributed by atoms with Crippen LogP contribution >= 0.6 is 34.4 Å². The van der Waals surface area contributed by atoms with Crippen molar-refractivity contribution >= 4 is 51.3 Å². The molecule has 0 saturated carbocycles. The Labute approximate surface area is 211 Å². The molecule has 3 N–H and O–H groups in total. The van der Waals surface area contributed by atoms with Crippen molar-refractivity contribution in [2.24, 2.45) is 11.7 Å². The normalized spacial score (nSPS) is 17.3. The van der Waals surface area contributed by atoms with E-state index >= 15 is 0 Å². The average molecular weight is 516 g/mol. The monoisotopic (exact) mass is 515 g/mol. The lowest BCUT2D eigenvalue weighted by Gasteiger charge is -2.18. The molecule has 3 aromatic heterocycles. The van der Waals surface area contributed by atoms with Gasteiger partial charge in [0, 0.05) is 27.2 Å². The second kappa shape index (κ2) is 9.83. The van der Waals surface area contributed by atoms with Crippen molar-refractivity contribution in [2.45, 2.75) is 70.5 Å². The van der Waals surface area contributed by atoms with Crippen LogP contribution in [0.3, 0.4) is 0 Å². The first-order valence-electron chi connectivity index (χ1n) is 11.9. The molecule has 0 saturated heterocycles. The van der Waals surface area contributed by atoms with E-state index in [1.165, 1.54) is 56.8 Å². The van der Waals surface area contributed by atoms with E-state index in [1.54, 1.807) is 0 Å². The lowest BCUT2D eigenvalue weighted by Crippen LogP contribution is -2.20. The summed E-state index contributed by atoms with van der Waals surface area (Å²) < 4.78 is 2.09. The predicted molar refractivity (Wildman–Crippen MR) is 139 cm³/mol. The molecule has 1 unspecified atom stereocenters. The molecule has 0 radical (unpaired) electrons. The van der Waals surface area contributed by atoms with Crippen LogP contribution in [0.25, 0.3) is 11.4 Å². The fourth-order valence-corrected chi connectivity index (χ4v) is 8.31. The fraction of sp³-hybridized carbons (Fsp3) is 0.500. The van der Waals surface area contributed by atoms with E-state index in [4.69, 9.17) is 5.73 Å². The molecule has 0 fully saturated rings. The quantitative estimate of drug-likeness (QED) is 0.435. The number of carbonyl (C=O) groups excluding carboxylic acids is 2. The zero-order chi connectivity index (χ0) is 23.8. The summed E-state index contributed by atoms with van der Waals surface area (Å²) in [6.07, 6.45) is 7.53. The summed E-state index contributed by atoms with van der Waals surface area (Å²) in [5.74, 6) is 1.02. The first-order valence-corrected chi connectivity index (χ1v) is 14.5. The molecule has 5 rings (SSSR count). The van der Waals surface area contributed by atoms with Gasteiger partial charge in [0.05, 0.1) is 11.3 Å². The molecule has 0 spiro atoms. The highest BCUT2D eigenvalue weighted by atomic mass is 32.2. The van der Waals surface area contributed by atoms with Crippen LogP contribution < -0.4 is 11.1 Å². The minimum absolute atomic E-state index is 0.167. The smallest absolute Gasteiger partial charge is 0.251 e. The van der Waals surface area contributed by atoms with Crippen LogP contribution in [-0.2, 0) is 37.0 Å². The van der Waals surface area contributed by atoms with E-state index in [0.29, 0.717) is 16.5 Å². The number of carbonyl (C=O) groups is 2. The molecule has 10 heteroatoms. The van der Waals surface area contributed by atoms with Gasteiger partial charge in [-0.25, -0.2) is 0 Å². The van der Waals surface area contributed by atoms with Crippen molar-refractivity contribution in [3.05, 3.63) is 31.8 Å². The molecule has 180 valence electrons. The minimum atomic E-state index is -0.468. The van der Waals surface area contributed by atoms with Gasteiger partial charge in [-0.05, 0) is 68.9 Å². The van der Waals surface area contributed by atoms with Gasteiger partial charge >= 0.3 is 0 Å². The van der Waals surface area contributed by atoms with Crippen molar-refractivity contribution in [1.82, 2.24) is 14.8 Å². The summed E-state index contributed by atoms with van der Waals surface area (Å²) in [7, 11) is 0. The zero-order valence-electron chi connectivity index (χ0n) is 19.5. The molecule has 0 bridgehead atoms. The van der Waals surface area contributed by atoms with Gasteiger partial charge in [0.25, 0.3) is 5.91 Å². The molecule has 1 atom stereocenters. The van der Waals surface area contributed by atoms with Crippen molar-refractivity contribution in [2.75, 3.05) is 11.1 Å². The Morgan fingerprint density at radius 2 is 2.03 bits per heavy atom. The van der Waals surface area contributed by atoms with E-state index in [1.807, 2.05) is 11.3 Å². The van der Waals surface area contributed by atoms with Crippen LogP contribution in [0, 0.1) is 5.92 Å². The van der Waals surface area contributed by atoms with Crippen molar-refractivity contribution < 1.29 is 9.59 Å². The number of anilines is 1. The molecule has 0 aliphatic heterocycles. The van der Waals surface area contributed by atoms with Gasteiger partial charge < -0.3 is 15.6 Å². The van der Waals surface area contributed by atoms with Gasteiger partial charge in [-0.15, -0.1) is 32.9 Å². The maximum absolute atomic E-state index is 12.8. The first kappa shape index (κ1) is 23.6. The number of rotatable bonds is 7. The molecule has 2 aliphatic carbocycles. The number of nitrogens with two attached hydrogens (primary N) is 1. The molecular weight excluding hydrogens is 486 g/mol. The van der Waals surface area contributed by atoms with Gasteiger partial charge in [-0.2, -0.15) is 0 Å². The topological polar surface area (TPSA) is 103 Å². The summed E-state index contributed by atoms with van der Waals surface area (Å²) in [5.41, 5.74) is 9.81. The third kappa shape index (κ3) is 4.43. The highest BCUT2D eigenvalue weighted by Crippen LogP contribution is 2.40. The number of thiophene rings is 2. The van der Waals surface area contributed by atoms with Crippen molar-refractivity contribution in [3.8, 4) is 11.4 Å². The largest absolute Gasteiger partial charge is 0.365 e. The second-order valence-corrected chi connectivity index (χ2v) is 12.1. The first-order chi connectivity index (χ1) is 16.5. The van der Waals surface area contributed by atoms with E-state index in [9.17, 15) is 9.59 Å². The summed E-state index contributed by atoms with van der Waals surface area (Å²) in [5, 5.41) is 15.4. The van der Waals surface area contributed by atoms with Gasteiger partial charge in [0.15, 0.2) is 11.0 Å². The average Bonchev–Trinajstić information content (AvgIpc) is 3.51. The summed E-state index contributed by atoms with van der Waals surface area (Å²) in [6, 6.07) is 0. The van der Waals surface area contributed by atoms with Gasteiger partial charge in [-0.1, -0.05) is 18.7 Å². The predicted octanol–water partition coefficient (Wildman–Crippen LogP) is 4.92. The summed E-state index contributed by atoms with van der Waals surface area (Å²) in [6.45, 7) is 5.02. The van der Waals surface area contributed by atoms with E-state index in [-0.39, 0.29) is 11.7 Å². The highest BCUT2D eigenvalue weighted by molar-refractivity contribution is 7.99. The SMILES string of the molecule is CCn1c(SCC(=O)Nc2sc3c(c2C(N)=O)CCC(C)C3)nnc1-c1csc2c1CCCC2. The molecule has 0 aromatic carbocycles. The number of aryl methyl sites for hydroxylation is 1. The Hall–Kier alpha value is -2.17. The third-order valence-corrected chi connectivity index (χ3v) is 9.90. The summed E-state index contributed by atoms with van der Waals surface area (Å²) in [4.78, 5) is 27.6. The van der Waals surface area contributed by atoms with Crippen LogP contribution in [0.5, 0.6) is 0 Å². The number of primary amides is 1. The third-order valence-electron chi connectivity index (χ3n) is 6.68. The number of nitrogens with zero attached hydrogens (tertiary/aromatic N) is 3. The van der Waals surface area contributed by atoms with Gasteiger partial charge in [0.2, 0.25) is 5.91 Å². The van der Waals surface area contributed by atoms with Gasteiger partial charge in [0.1, 0.15) is 5.00 Å². The molecule has 2 aliphatic rings. The molecule has 2 amide bonds. The minimum Gasteiger partial charge on any atom is -0.365 e. The van der Waals surface area contributed by atoms with Crippen molar-refractivity contribution in [1.29, 1.82) is 0 Å². The molecule has 3 aromatic rings. The molecular formula is C24H29N5O2S3. The van der Waals surface area contributed by atoms with Gasteiger partial charge in [-0.3, -0.25) is 9.59 Å². The molecule has 3 heterocycles. The van der Waals surface area contributed by atoms with Crippen molar-refractivity contribution in [3.63, 3.8) is 0 Å². The Bertz CT molecular complexity index is 1240. The standard InChI is InChI=1S/C24H29N5O2S3/c1-3-29-22(16-11-32-17-7-5-4-6-14(16)17)27-28-24(29)33-12-19(30)26-23-20(21(25)31)15-9-8-13(2)10-18(15)34-23/h11,13H,3-10,12H2,1-2H3,(H2,25,31)(H,26,30). The molecule has 7 nitrogen and oxygen atoms in total. The number of amides is 2.